The van der Waals surface area contributed by atoms with Crippen molar-refractivity contribution in [2.45, 2.75) is 26.8 Å². The average Bonchev–Trinajstić information content (AvgIpc) is 2.65. The molecule has 3 rings (SSSR count). The molecule has 0 aromatic heterocycles. The maximum atomic E-state index is 13.3. The number of carbonyl (C=O) groups excluding carboxylic acids is 1. The normalized spacial score (nSPS) is 16.0. The van der Waals surface area contributed by atoms with Crippen molar-refractivity contribution in [3.63, 3.8) is 0 Å². The lowest BCUT2D eigenvalue weighted by atomic mass is 9.93. The maximum Gasteiger partial charge on any atom is 0.255 e. The van der Waals surface area contributed by atoms with Crippen LogP contribution in [0.15, 0.2) is 47.7 Å². The summed E-state index contributed by atoms with van der Waals surface area (Å²) < 4.78 is 11.0. The number of benzene rings is 2. The van der Waals surface area contributed by atoms with E-state index < -0.39 is 6.04 Å². The molecule has 1 aliphatic rings. The molecule has 6 nitrogen and oxygen atoms in total. The van der Waals surface area contributed by atoms with Gasteiger partial charge in [-0.2, -0.15) is 0 Å². The third-order valence-corrected chi connectivity index (χ3v) is 4.96. The summed E-state index contributed by atoms with van der Waals surface area (Å²) in [7, 11) is 3.16. The van der Waals surface area contributed by atoms with Crippen molar-refractivity contribution in [1.82, 2.24) is 10.6 Å². The highest BCUT2D eigenvalue weighted by Gasteiger charge is 2.32. The number of nitrogens with one attached hydrogen (secondary N) is 3. The molecular formula is C22H25N3O3S. The number of ether oxygens (including phenoxy) is 2. The first-order valence-corrected chi connectivity index (χ1v) is 9.63. The van der Waals surface area contributed by atoms with Gasteiger partial charge in [0.1, 0.15) is 0 Å². The second kappa shape index (κ2) is 8.53. The summed E-state index contributed by atoms with van der Waals surface area (Å²) in [5.41, 5.74) is 4.89. The van der Waals surface area contributed by atoms with E-state index in [0.717, 1.165) is 22.4 Å². The Labute approximate surface area is 176 Å². The largest absolute Gasteiger partial charge is 0.493 e. The lowest BCUT2D eigenvalue weighted by Gasteiger charge is -2.31. The van der Waals surface area contributed by atoms with Gasteiger partial charge in [0.2, 0.25) is 0 Å². The van der Waals surface area contributed by atoms with E-state index in [0.29, 0.717) is 27.9 Å². The molecule has 7 heteroatoms. The molecule has 0 radical (unpaired) electrons. The number of carbonyl (C=O) groups is 1. The van der Waals surface area contributed by atoms with Crippen molar-refractivity contribution in [1.29, 1.82) is 0 Å². The molecule has 1 atom stereocenters. The summed E-state index contributed by atoms with van der Waals surface area (Å²) in [6.45, 7) is 5.84. The first kappa shape index (κ1) is 20.7. The molecule has 0 saturated heterocycles. The van der Waals surface area contributed by atoms with E-state index in [4.69, 9.17) is 21.7 Å². The molecule has 0 aliphatic carbocycles. The van der Waals surface area contributed by atoms with Gasteiger partial charge >= 0.3 is 0 Å². The average molecular weight is 412 g/mol. The zero-order valence-electron chi connectivity index (χ0n) is 17.2. The fourth-order valence-electron chi connectivity index (χ4n) is 3.61. The van der Waals surface area contributed by atoms with Crippen LogP contribution in [0.1, 0.15) is 29.7 Å². The van der Waals surface area contributed by atoms with Crippen LogP contribution < -0.4 is 25.4 Å². The van der Waals surface area contributed by atoms with Gasteiger partial charge in [-0.3, -0.25) is 4.79 Å². The third-order valence-electron chi connectivity index (χ3n) is 4.74. The Hall–Kier alpha value is -3.06. The number of aryl methyl sites for hydroxylation is 2. The third kappa shape index (κ3) is 4.35. The summed E-state index contributed by atoms with van der Waals surface area (Å²) in [5.74, 6) is 0.926. The van der Waals surface area contributed by atoms with Crippen molar-refractivity contribution in [2.75, 3.05) is 19.5 Å². The second-order valence-electron chi connectivity index (χ2n) is 6.98. The van der Waals surface area contributed by atoms with E-state index in [2.05, 4.69) is 22.0 Å². The van der Waals surface area contributed by atoms with Gasteiger partial charge in [-0.15, -0.1) is 0 Å². The summed E-state index contributed by atoms with van der Waals surface area (Å²) in [5, 5.41) is 9.70. The molecule has 1 heterocycles. The summed E-state index contributed by atoms with van der Waals surface area (Å²) in [6, 6.07) is 11.0. The summed E-state index contributed by atoms with van der Waals surface area (Å²) >= 11 is 5.34. The fraction of sp³-hybridized carbons (Fsp3) is 0.273. The van der Waals surface area contributed by atoms with Gasteiger partial charge in [0.15, 0.2) is 16.6 Å². The predicted octanol–water partition coefficient (Wildman–Crippen LogP) is 3.75. The number of hydrogen-bond acceptors (Lipinski definition) is 4. The molecule has 1 aliphatic heterocycles. The van der Waals surface area contributed by atoms with E-state index in [1.807, 2.05) is 51.1 Å². The van der Waals surface area contributed by atoms with Gasteiger partial charge < -0.3 is 25.4 Å². The van der Waals surface area contributed by atoms with E-state index in [1.54, 1.807) is 14.2 Å². The number of allylic oxidation sites excluding steroid dienone is 1. The quantitative estimate of drug-likeness (QED) is 0.651. The first-order chi connectivity index (χ1) is 13.8. The number of hydrogen-bond donors (Lipinski definition) is 3. The molecule has 29 heavy (non-hydrogen) atoms. The molecule has 0 spiro atoms. The van der Waals surface area contributed by atoms with Crippen LogP contribution in [0.5, 0.6) is 11.5 Å². The second-order valence-corrected chi connectivity index (χ2v) is 7.39. The lowest BCUT2D eigenvalue weighted by molar-refractivity contribution is -0.113. The Morgan fingerprint density at radius 2 is 1.76 bits per heavy atom. The molecule has 2 aromatic carbocycles. The van der Waals surface area contributed by atoms with Crippen molar-refractivity contribution in [3.8, 4) is 11.5 Å². The molecule has 0 unspecified atom stereocenters. The van der Waals surface area contributed by atoms with E-state index >= 15 is 0 Å². The minimum absolute atomic E-state index is 0.218. The van der Waals surface area contributed by atoms with E-state index in [1.165, 1.54) is 0 Å². The number of thiocarbonyl (C=S) groups is 1. The van der Waals surface area contributed by atoms with Gasteiger partial charge in [0.25, 0.3) is 5.91 Å². The molecule has 0 bridgehead atoms. The maximum absolute atomic E-state index is 13.3. The summed E-state index contributed by atoms with van der Waals surface area (Å²) in [4.78, 5) is 13.3. The first-order valence-electron chi connectivity index (χ1n) is 9.23. The van der Waals surface area contributed by atoms with Gasteiger partial charge in [0, 0.05) is 16.9 Å². The Bertz CT molecular complexity index is 981. The molecule has 3 N–H and O–H groups in total. The lowest BCUT2D eigenvalue weighted by Crippen LogP contribution is -2.45. The van der Waals surface area contributed by atoms with Crippen LogP contribution in [0.25, 0.3) is 0 Å². The zero-order valence-corrected chi connectivity index (χ0v) is 18.0. The molecular weight excluding hydrogens is 386 g/mol. The summed E-state index contributed by atoms with van der Waals surface area (Å²) in [6.07, 6.45) is 0. The Morgan fingerprint density at radius 3 is 2.38 bits per heavy atom. The van der Waals surface area contributed by atoms with Crippen LogP contribution >= 0.6 is 12.2 Å². The van der Waals surface area contributed by atoms with Gasteiger partial charge in [-0.1, -0.05) is 18.2 Å². The number of para-hydroxylation sites is 1. The van der Waals surface area contributed by atoms with Crippen LogP contribution in [-0.4, -0.2) is 25.2 Å². The van der Waals surface area contributed by atoms with Gasteiger partial charge in [0.05, 0.1) is 25.8 Å². The number of methoxy groups -OCH3 is 2. The number of anilines is 1. The molecule has 152 valence electrons. The highest BCUT2D eigenvalue weighted by molar-refractivity contribution is 7.80. The van der Waals surface area contributed by atoms with Crippen molar-refractivity contribution < 1.29 is 14.3 Å². The molecule has 0 fully saturated rings. The number of amides is 1. The number of rotatable bonds is 5. The van der Waals surface area contributed by atoms with Crippen LogP contribution in [0.4, 0.5) is 5.69 Å². The van der Waals surface area contributed by atoms with Crippen molar-refractivity contribution >= 4 is 28.9 Å². The Balaban J connectivity index is 2.04. The van der Waals surface area contributed by atoms with E-state index in [9.17, 15) is 4.79 Å². The van der Waals surface area contributed by atoms with Crippen LogP contribution in [0.2, 0.25) is 0 Å². The minimum Gasteiger partial charge on any atom is -0.493 e. The zero-order chi connectivity index (χ0) is 21.1. The molecule has 0 saturated carbocycles. The standard InChI is InChI=1S/C22H25N3O3S/c1-12-9-13(2)11-15(10-12)24-21(26)18-14(3)23-22(29)25-19(18)16-7-6-8-17(27-4)20(16)28-5/h6-11,19H,1-5H3,(H,24,26)(H2,23,25,29)/t19-/m1/s1. The van der Waals surface area contributed by atoms with Gasteiger partial charge in [-0.05, 0) is 62.3 Å². The Kier molecular flexibility index (Phi) is 6.08. The smallest absolute Gasteiger partial charge is 0.255 e. The van der Waals surface area contributed by atoms with E-state index in [-0.39, 0.29) is 5.91 Å². The SMILES string of the molecule is COc1cccc([C@H]2NC(=S)NC(C)=C2C(=O)Nc2cc(C)cc(C)c2)c1OC. The highest BCUT2D eigenvalue weighted by Crippen LogP contribution is 2.39. The van der Waals surface area contributed by atoms with Crippen LogP contribution in [-0.2, 0) is 4.79 Å². The molecule has 1 amide bonds. The Morgan fingerprint density at radius 1 is 1.07 bits per heavy atom. The van der Waals surface area contributed by atoms with Crippen LogP contribution in [0.3, 0.4) is 0 Å². The fourth-order valence-corrected chi connectivity index (χ4v) is 3.88. The van der Waals surface area contributed by atoms with Crippen molar-refractivity contribution in [3.05, 3.63) is 64.4 Å². The minimum atomic E-state index is -0.486. The van der Waals surface area contributed by atoms with Crippen LogP contribution in [0, 0.1) is 13.8 Å². The molecule has 2 aromatic rings. The highest BCUT2D eigenvalue weighted by atomic mass is 32.1. The van der Waals surface area contributed by atoms with Gasteiger partial charge in [-0.25, -0.2) is 0 Å². The van der Waals surface area contributed by atoms with Crippen molar-refractivity contribution in [2.24, 2.45) is 0 Å². The topological polar surface area (TPSA) is 71.6 Å². The predicted molar refractivity (Wildman–Crippen MR) is 118 cm³/mol. The monoisotopic (exact) mass is 411 g/mol.